The Kier molecular flexibility index (Phi) is 6.38. The molecule has 1 fully saturated rings. The Labute approximate surface area is 107 Å². The summed E-state index contributed by atoms with van der Waals surface area (Å²) in [6, 6.07) is 0.0675. The van der Waals surface area contributed by atoms with Gasteiger partial charge in [0.2, 0.25) is 0 Å². The normalized spacial score (nSPS) is 23.3. The monoisotopic (exact) mass is 268 g/mol. The van der Waals surface area contributed by atoms with Crippen molar-refractivity contribution in [2.45, 2.75) is 44.5 Å². The minimum absolute atomic E-state index is 0.0675. The third-order valence-corrected chi connectivity index (χ3v) is 3.28. The molecule has 0 aromatic carbocycles. The van der Waals surface area contributed by atoms with Crippen LogP contribution in [0, 0.1) is 0 Å². The maximum Gasteiger partial charge on any atom is 0.401 e. The van der Waals surface area contributed by atoms with Gasteiger partial charge in [-0.25, -0.2) is 0 Å². The zero-order chi connectivity index (χ0) is 13.6. The molecule has 1 saturated heterocycles. The lowest BCUT2D eigenvalue weighted by Gasteiger charge is -2.31. The molecule has 2 unspecified atom stereocenters. The van der Waals surface area contributed by atoms with Gasteiger partial charge in [0.15, 0.2) is 0 Å². The topological polar surface area (TPSA) is 24.5 Å². The first-order valence-electron chi connectivity index (χ1n) is 6.48. The predicted octanol–water partition coefficient (Wildman–Crippen LogP) is 2.03. The summed E-state index contributed by atoms with van der Waals surface area (Å²) < 4.78 is 41.6. The van der Waals surface area contributed by atoms with E-state index in [-0.39, 0.29) is 12.1 Å². The Morgan fingerprint density at radius 1 is 1.39 bits per heavy atom. The van der Waals surface area contributed by atoms with Gasteiger partial charge in [-0.2, -0.15) is 13.2 Å². The smallest absolute Gasteiger partial charge is 0.377 e. The first kappa shape index (κ1) is 15.7. The maximum atomic E-state index is 12.0. The second-order valence-electron chi connectivity index (χ2n) is 5.02. The maximum absolute atomic E-state index is 12.0. The summed E-state index contributed by atoms with van der Waals surface area (Å²) in [7, 11) is 1.93. The molecular formula is C12H23F3N2O. The number of hydrogen-bond acceptors (Lipinski definition) is 3. The van der Waals surface area contributed by atoms with Crippen molar-refractivity contribution in [3.63, 3.8) is 0 Å². The molecule has 1 N–H and O–H groups in total. The molecule has 0 radical (unpaired) electrons. The summed E-state index contributed by atoms with van der Waals surface area (Å²) in [4.78, 5) is 2.05. The van der Waals surface area contributed by atoms with E-state index >= 15 is 0 Å². The molecule has 0 aromatic rings. The van der Waals surface area contributed by atoms with Crippen LogP contribution < -0.4 is 5.32 Å². The van der Waals surface area contributed by atoms with Crippen LogP contribution in [-0.2, 0) is 4.74 Å². The van der Waals surface area contributed by atoms with Crippen LogP contribution in [0.2, 0.25) is 0 Å². The van der Waals surface area contributed by atoms with Crippen molar-refractivity contribution in [1.29, 1.82) is 0 Å². The van der Waals surface area contributed by atoms with E-state index in [1.165, 1.54) is 6.42 Å². The van der Waals surface area contributed by atoms with Crippen molar-refractivity contribution in [2.75, 3.05) is 33.3 Å². The largest absolute Gasteiger partial charge is 0.401 e. The number of nitrogens with zero attached hydrogens (tertiary/aromatic N) is 1. The van der Waals surface area contributed by atoms with Gasteiger partial charge in [0.25, 0.3) is 0 Å². The van der Waals surface area contributed by atoms with Crippen molar-refractivity contribution in [3.8, 4) is 0 Å². The second-order valence-corrected chi connectivity index (χ2v) is 5.02. The fraction of sp³-hybridized carbons (Fsp3) is 1.00. The molecule has 3 nitrogen and oxygen atoms in total. The summed E-state index contributed by atoms with van der Waals surface area (Å²) in [6.07, 6.45) is -0.561. The Morgan fingerprint density at radius 2 is 2.11 bits per heavy atom. The van der Waals surface area contributed by atoms with Gasteiger partial charge < -0.3 is 10.1 Å². The Bertz CT molecular complexity index is 230. The van der Waals surface area contributed by atoms with Crippen LogP contribution >= 0.6 is 0 Å². The van der Waals surface area contributed by atoms with E-state index in [0.29, 0.717) is 6.54 Å². The van der Waals surface area contributed by atoms with Gasteiger partial charge in [0.05, 0.1) is 12.6 Å². The van der Waals surface area contributed by atoms with Crippen molar-refractivity contribution < 1.29 is 17.9 Å². The number of alkyl halides is 3. The highest BCUT2D eigenvalue weighted by atomic mass is 19.4. The molecule has 0 spiro atoms. The Hall–Kier alpha value is -0.330. The number of rotatable bonds is 6. The lowest BCUT2D eigenvalue weighted by atomic mass is 10.1. The summed E-state index contributed by atoms with van der Waals surface area (Å²) in [6.45, 7) is 2.92. The first-order valence-corrected chi connectivity index (χ1v) is 6.48. The van der Waals surface area contributed by atoms with Gasteiger partial charge in [-0.15, -0.1) is 0 Å². The molecule has 0 saturated carbocycles. The number of hydrogen-bond donors (Lipinski definition) is 1. The molecule has 1 rings (SSSR count). The fourth-order valence-corrected chi connectivity index (χ4v) is 2.03. The number of halogens is 3. The lowest BCUT2D eigenvalue weighted by molar-refractivity contribution is -0.125. The average molecular weight is 268 g/mol. The molecule has 0 amide bonds. The Morgan fingerprint density at radius 3 is 2.67 bits per heavy atom. The van der Waals surface area contributed by atoms with E-state index in [2.05, 4.69) is 10.2 Å². The van der Waals surface area contributed by atoms with E-state index in [1.54, 1.807) is 0 Å². The molecular weight excluding hydrogens is 245 g/mol. The third-order valence-electron chi connectivity index (χ3n) is 3.28. The van der Waals surface area contributed by atoms with Crippen LogP contribution in [0.3, 0.4) is 0 Å². The second kappa shape index (κ2) is 7.31. The summed E-state index contributed by atoms with van der Waals surface area (Å²) in [5.41, 5.74) is 0. The van der Waals surface area contributed by atoms with Crippen LogP contribution in [0.1, 0.15) is 26.2 Å². The van der Waals surface area contributed by atoms with E-state index in [0.717, 1.165) is 26.0 Å². The number of likely N-dealkylation sites (N-methyl/N-ethyl adjacent to an activating group) is 1. The van der Waals surface area contributed by atoms with Gasteiger partial charge in [0, 0.05) is 25.7 Å². The van der Waals surface area contributed by atoms with Gasteiger partial charge >= 0.3 is 6.18 Å². The zero-order valence-electron chi connectivity index (χ0n) is 11.1. The van der Waals surface area contributed by atoms with Crippen molar-refractivity contribution >= 4 is 0 Å². The quantitative estimate of drug-likeness (QED) is 0.797. The molecule has 2 atom stereocenters. The van der Waals surface area contributed by atoms with E-state index in [1.807, 2.05) is 14.0 Å². The predicted molar refractivity (Wildman–Crippen MR) is 64.6 cm³/mol. The minimum Gasteiger partial charge on any atom is -0.377 e. The fourth-order valence-electron chi connectivity index (χ4n) is 2.03. The standard InChI is InChI=1S/C12H23F3N2O/c1-10(7-16-9-12(13,14)15)17(2)8-11-5-3-4-6-18-11/h10-11,16H,3-9H2,1-2H3. The van der Waals surface area contributed by atoms with Crippen molar-refractivity contribution in [1.82, 2.24) is 10.2 Å². The van der Waals surface area contributed by atoms with E-state index in [4.69, 9.17) is 4.74 Å². The van der Waals surface area contributed by atoms with Crippen molar-refractivity contribution in [2.24, 2.45) is 0 Å². The number of ether oxygens (including phenoxy) is 1. The SMILES string of the molecule is CC(CNCC(F)(F)F)N(C)CC1CCCCO1. The summed E-state index contributed by atoms with van der Waals surface area (Å²) in [5, 5.41) is 2.44. The highest BCUT2D eigenvalue weighted by Gasteiger charge is 2.27. The van der Waals surface area contributed by atoms with Crippen molar-refractivity contribution in [3.05, 3.63) is 0 Å². The van der Waals surface area contributed by atoms with Crippen LogP contribution in [0.25, 0.3) is 0 Å². The molecule has 0 aromatic heterocycles. The molecule has 6 heteroatoms. The van der Waals surface area contributed by atoms with Crippen LogP contribution in [-0.4, -0.2) is 56.5 Å². The summed E-state index contributed by atoms with van der Waals surface area (Å²) in [5.74, 6) is 0. The molecule has 1 heterocycles. The Balaban J connectivity index is 2.17. The van der Waals surface area contributed by atoms with Gasteiger partial charge in [0.1, 0.15) is 0 Å². The molecule has 108 valence electrons. The number of nitrogens with one attached hydrogen (secondary N) is 1. The molecule has 18 heavy (non-hydrogen) atoms. The molecule has 0 bridgehead atoms. The van der Waals surface area contributed by atoms with E-state index < -0.39 is 12.7 Å². The first-order chi connectivity index (χ1) is 8.38. The zero-order valence-corrected chi connectivity index (χ0v) is 11.1. The van der Waals surface area contributed by atoms with Gasteiger partial charge in [-0.1, -0.05) is 0 Å². The van der Waals surface area contributed by atoms with Gasteiger partial charge in [-0.05, 0) is 33.2 Å². The lowest BCUT2D eigenvalue weighted by Crippen LogP contribution is -2.44. The highest BCUT2D eigenvalue weighted by Crippen LogP contribution is 2.15. The van der Waals surface area contributed by atoms with Crippen LogP contribution in [0.15, 0.2) is 0 Å². The van der Waals surface area contributed by atoms with Gasteiger partial charge in [-0.3, -0.25) is 4.90 Å². The molecule has 0 aliphatic carbocycles. The average Bonchev–Trinajstić information content (AvgIpc) is 2.28. The highest BCUT2D eigenvalue weighted by molar-refractivity contribution is 4.73. The molecule has 1 aliphatic heterocycles. The van der Waals surface area contributed by atoms with E-state index in [9.17, 15) is 13.2 Å². The van der Waals surface area contributed by atoms with Crippen LogP contribution in [0.4, 0.5) is 13.2 Å². The minimum atomic E-state index is -4.13. The summed E-state index contributed by atoms with van der Waals surface area (Å²) >= 11 is 0. The third kappa shape index (κ3) is 6.56. The van der Waals surface area contributed by atoms with Crippen LogP contribution in [0.5, 0.6) is 0 Å². The molecule has 1 aliphatic rings.